The van der Waals surface area contributed by atoms with Crippen LogP contribution >= 0.6 is 0 Å². The minimum absolute atomic E-state index is 0.150. The summed E-state index contributed by atoms with van der Waals surface area (Å²) in [4.78, 5) is 12.7. The van der Waals surface area contributed by atoms with Gasteiger partial charge in [0.15, 0.2) is 0 Å². The number of ether oxygens (including phenoxy) is 1. The van der Waals surface area contributed by atoms with Crippen LogP contribution in [0, 0.1) is 5.92 Å². The first-order valence-corrected chi connectivity index (χ1v) is 10.2. The second-order valence-electron chi connectivity index (χ2n) is 7.67. The number of aliphatic hydroxyl groups excluding tert-OH is 1. The zero-order valence-corrected chi connectivity index (χ0v) is 16.4. The van der Waals surface area contributed by atoms with Crippen LogP contribution in [0.4, 0.5) is 0 Å². The molecule has 1 aliphatic carbocycles. The van der Waals surface area contributed by atoms with Crippen LogP contribution in [-0.2, 0) is 16.1 Å². The lowest BCUT2D eigenvalue weighted by molar-refractivity contribution is -0.124. The van der Waals surface area contributed by atoms with E-state index < -0.39 is 6.10 Å². The van der Waals surface area contributed by atoms with Crippen molar-refractivity contribution in [2.24, 2.45) is 5.92 Å². The molecule has 4 rings (SSSR count). The summed E-state index contributed by atoms with van der Waals surface area (Å²) in [6.45, 7) is 0.956. The van der Waals surface area contributed by atoms with Gasteiger partial charge in [-0.15, -0.1) is 0 Å². The first kappa shape index (κ1) is 19.6. The van der Waals surface area contributed by atoms with E-state index in [9.17, 15) is 9.90 Å². The molecule has 3 unspecified atom stereocenters. The maximum Gasteiger partial charge on any atom is 0.140 e. The molecule has 1 N–H and O–H groups in total. The Labute approximate surface area is 171 Å². The summed E-state index contributed by atoms with van der Waals surface area (Å²) in [5, 5.41) is 10.6. The predicted octanol–water partition coefficient (Wildman–Crippen LogP) is 5.03. The van der Waals surface area contributed by atoms with E-state index in [2.05, 4.69) is 0 Å². The number of aliphatic hydroxyl groups is 1. The number of Topliss-reactive ketones (excluding diaryl/α,β-unsaturated/α-hetero) is 1. The van der Waals surface area contributed by atoms with E-state index in [1.165, 1.54) is 0 Å². The summed E-state index contributed by atoms with van der Waals surface area (Å²) in [5.41, 5.74) is 2.69. The average molecular weight is 390 g/mol. The molecule has 3 atom stereocenters. The standard InChI is InChI=1S/C25H26O4/c26-23-10-4-8-21(16-28-17-22-9-5-15-29-22)24(23)18-11-13-20(14-12-18)25(27)19-6-2-1-3-7-19/h1-3,5-7,9,11-15,21,24-25,27H,4,8,10,16-17H2. The van der Waals surface area contributed by atoms with E-state index in [1.54, 1.807) is 6.26 Å². The molecule has 0 spiro atoms. The van der Waals surface area contributed by atoms with Gasteiger partial charge in [0.25, 0.3) is 0 Å². The van der Waals surface area contributed by atoms with Crippen LogP contribution in [0.15, 0.2) is 77.4 Å². The van der Waals surface area contributed by atoms with Crippen molar-refractivity contribution in [3.8, 4) is 0 Å². The Morgan fingerprint density at radius 2 is 1.76 bits per heavy atom. The third-order valence-electron chi connectivity index (χ3n) is 5.70. The summed E-state index contributed by atoms with van der Waals surface area (Å²) >= 11 is 0. The molecule has 1 aliphatic rings. The molecule has 1 saturated carbocycles. The summed E-state index contributed by atoms with van der Waals surface area (Å²) in [6, 6.07) is 21.1. The Balaban J connectivity index is 1.46. The summed E-state index contributed by atoms with van der Waals surface area (Å²) < 4.78 is 11.2. The molecule has 4 heteroatoms. The van der Waals surface area contributed by atoms with Gasteiger partial charge in [-0.3, -0.25) is 4.79 Å². The van der Waals surface area contributed by atoms with E-state index in [0.717, 1.165) is 35.3 Å². The van der Waals surface area contributed by atoms with Crippen LogP contribution in [-0.4, -0.2) is 17.5 Å². The number of rotatable bonds is 7. The fourth-order valence-corrected chi connectivity index (χ4v) is 4.18. The van der Waals surface area contributed by atoms with Gasteiger partial charge in [0.1, 0.15) is 24.3 Å². The lowest BCUT2D eigenvalue weighted by Gasteiger charge is -2.30. The Hall–Kier alpha value is -2.69. The molecule has 150 valence electrons. The van der Waals surface area contributed by atoms with Crippen LogP contribution in [0.5, 0.6) is 0 Å². The van der Waals surface area contributed by atoms with Crippen molar-refractivity contribution < 1.29 is 19.1 Å². The first-order chi connectivity index (χ1) is 14.2. The van der Waals surface area contributed by atoms with Gasteiger partial charge in [-0.2, -0.15) is 0 Å². The second kappa shape index (κ2) is 9.21. The fraction of sp³-hybridized carbons (Fsp3) is 0.320. The van der Waals surface area contributed by atoms with E-state index in [-0.39, 0.29) is 17.6 Å². The van der Waals surface area contributed by atoms with Crippen LogP contribution < -0.4 is 0 Å². The lowest BCUT2D eigenvalue weighted by Crippen LogP contribution is -2.29. The van der Waals surface area contributed by atoms with Crippen molar-refractivity contribution in [3.63, 3.8) is 0 Å². The van der Waals surface area contributed by atoms with Crippen molar-refractivity contribution in [2.75, 3.05) is 6.61 Å². The largest absolute Gasteiger partial charge is 0.467 e. The summed E-state index contributed by atoms with van der Waals surface area (Å²) in [7, 11) is 0. The molecule has 4 nitrogen and oxygen atoms in total. The van der Waals surface area contributed by atoms with E-state index in [1.807, 2.05) is 66.7 Å². The molecule has 2 aromatic carbocycles. The SMILES string of the molecule is O=C1CCCC(COCc2ccco2)C1c1ccc(C(O)c2ccccc2)cc1. The van der Waals surface area contributed by atoms with Gasteiger partial charge >= 0.3 is 0 Å². The maximum absolute atomic E-state index is 12.7. The fourth-order valence-electron chi connectivity index (χ4n) is 4.18. The molecule has 0 radical (unpaired) electrons. The predicted molar refractivity (Wildman–Crippen MR) is 110 cm³/mol. The molecule has 0 aliphatic heterocycles. The molecule has 1 aromatic heterocycles. The van der Waals surface area contributed by atoms with E-state index in [0.29, 0.717) is 19.6 Å². The zero-order chi connectivity index (χ0) is 20.1. The van der Waals surface area contributed by atoms with Crippen LogP contribution in [0.25, 0.3) is 0 Å². The third kappa shape index (κ3) is 4.66. The third-order valence-corrected chi connectivity index (χ3v) is 5.70. The quantitative estimate of drug-likeness (QED) is 0.615. The number of hydrogen-bond donors (Lipinski definition) is 1. The van der Waals surface area contributed by atoms with Gasteiger partial charge in [-0.25, -0.2) is 0 Å². The minimum Gasteiger partial charge on any atom is -0.467 e. The van der Waals surface area contributed by atoms with Crippen molar-refractivity contribution in [1.82, 2.24) is 0 Å². The van der Waals surface area contributed by atoms with Gasteiger partial charge in [0, 0.05) is 12.3 Å². The number of furan rings is 1. The molecule has 0 bridgehead atoms. The van der Waals surface area contributed by atoms with Crippen molar-refractivity contribution >= 4 is 5.78 Å². The normalized spacial score (nSPS) is 20.5. The van der Waals surface area contributed by atoms with Gasteiger partial charge in [-0.1, -0.05) is 54.6 Å². The Morgan fingerprint density at radius 1 is 1.00 bits per heavy atom. The minimum atomic E-state index is -0.667. The number of carbonyl (C=O) groups excluding carboxylic acids is 1. The Kier molecular flexibility index (Phi) is 6.23. The number of hydrogen-bond acceptors (Lipinski definition) is 4. The highest BCUT2D eigenvalue weighted by Gasteiger charge is 2.33. The van der Waals surface area contributed by atoms with Gasteiger partial charge in [0.2, 0.25) is 0 Å². The van der Waals surface area contributed by atoms with E-state index in [4.69, 9.17) is 9.15 Å². The zero-order valence-electron chi connectivity index (χ0n) is 16.4. The van der Waals surface area contributed by atoms with Crippen LogP contribution in [0.2, 0.25) is 0 Å². The summed E-state index contributed by atoms with van der Waals surface area (Å²) in [5.74, 6) is 1.08. The molecule has 1 heterocycles. The molecule has 1 fully saturated rings. The van der Waals surface area contributed by atoms with Crippen LogP contribution in [0.3, 0.4) is 0 Å². The van der Waals surface area contributed by atoms with E-state index >= 15 is 0 Å². The van der Waals surface area contributed by atoms with Crippen molar-refractivity contribution in [1.29, 1.82) is 0 Å². The highest BCUT2D eigenvalue weighted by molar-refractivity contribution is 5.86. The van der Waals surface area contributed by atoms with Crippen LogP contribution in [0.1, 0.15) is 53.7 Å². The molecule has 0 amide bonds. The average Bonchev–Trinajstić information content (AvgIpc) is 3.28. The first-order valence-electron chi connectivity index (χ1n) is 10.2. The molecule has 29 heavy (non-hydrogen) atoms. The van der Waals surface area contributed by atoms with Gasteiger partial charge < -0.3 is 14.3 Å². The summed E-state index contributed by atoms with van der Waals surface area (Å²) in [6.07, 6.45) is 3.47. The van der Waals surface area contributed by atoms with Crippen molar-refractivity contribution in [3.05, 3.63) is 95.4 Å². The molecule has 0 saturated heterocycles. The van der Waals surface area contributed by atoms with Gasteiger partial charge in [-0.05, 0) is 47.6 Å². The molecular weight excluding hydrogens is 364 g/mol. The highest BCUT2D eigenvalue weighted by Crippen LogP contribution is 2.36. The molecular formula is C25H26O4. The monoisotopic (exact) mass is 390 g/mol. The molecule has 3 aromatic rings. The lowest BCUT2D eigenvalue weighted by atomic mass is 9.75. The number of ketones is 1. The van der Waals surface area contributed by atoms with Crippen molar-refractivity contribution in [2.45, 2.75) is 37.9 Å². The maximum atomic E-state index is 12.7. The second-order valence-corrected chi connectivity index (χ2v) is 7.67. The Morgan fingerprint density at radius 3 is 2.48 bits per heavy atom. The number of benzene rings is 2. The van der Waals surface area contributed by atoms with Gasteiger partial charge in [0.05, 0.1) is 12.9 Å². The number of carbonyl (C=O) groups is 1. The Bertz CT molecular complexity index is 900. The smallest absolute Gasteiger partial charge is 0.140 e. The highest BCUT2D eigenvalue weighted by atomic mass is 16.5. The topological polar surface area (TPSA) is 59.7 Å².